The minimum absolute atomic E-state index is 0.0856. The molecule has 0 bridgehead atoms. The third-order valence-electron chi connectivity index (χ3n) is 6.05. The van der Waals surface area contributed by atoms with Gasteiger partial charge < -0.3 is 15.0 Å². The third-order valence-corrected chi connectivity index (χ3v) is 6.30. The molecule has 0 aliphatic heterocycles. The van der Waals surface area contributed by atoms with Crippen LogP contribution < -0.4 is 10.1 Å². The maximum absolute atomic E-state index is 13.3. The van der Waals surface area contributed by atoms with E-state index < -0.39 is 6.04 Å². The third kappa shape index (κ3) is 6.73. The summed E-state index contributed by atoms with van der Waals surface area (Å²) in [6.45, 7) is 4.09. The van der Waals surface area contributed by atoms with E-state index in [1.165, 1.54) is 6.42 Å². The van der Waals surface area contributed by atoms with Crippen LogP contribution in [0.15, 0.2) is 48.5 Å². The summed E-state index contributed by atoms with van der Waals surface area (Å²) in [5, 5.41) is 3.82. The number of nitrogens with zero attached hydrogens (tertiary/aromatic N) is 1. The van der Waals surface area contributed by atoms with Gasteiger partial charge in [-0.15, -0.1) is 0 Å². The van der Waals surface area contributed by atoms with Gasteiger partial charge in [0.25, 0.3) is 5.91 Å². The lowest BCUT2D eigenvalue weighted by molar-refractivity contribution is -0.143. The van der Waals surface area contributed by atoms with Gasteiger partial charge in [0.15, 0.2) is 6.61 Å². The number of aryl methyl sites for hydroxylation is 1. The van der Waals surface area contributed by atoms with E-state index in [4.69, 9.17) is 16.3 Å². The molecular formula is C26H33ClN2O3. The van der Waals surface area contributed by atoms with Gasteiger partial charge in [-0.25, -0.2) is 0 Å². The second kappa shape index (κ2) is 11.9. The van der Waals surface area contributed by atoms with Gasteiger partial charge >= 0.3 is 0 Å². The van der Waals surface area contributed by atoms with E-state index in [9.17, 15) is 9.59 Å². The number of halogens is 1. The molecule has 1 aliphatic rings. The van der Waals surface area contributed by atoms with Crippen molar-refractivity contribution in [3.8, 4) is 5.75 Å². The molecule has 1 fully saturated rings. The van der Waals surface area contributed by atoms with Crippen LogP contribution in [0, 0.1) is 6.92 Å². The first kappa shape index (κ1) is 24.1. The van der Waals surface area contributed by atoms with Crippen molar-refractivity contribution < 1.29 is 14.3 Å². The van der Waals surface area contributed by atoms with Crippen LogP contribution in [0.25, 0.3) is 0 Å². The molecule has 0 aromatic heterocycles. The Morgan fingerprint density at radius 1 is 1.09 bits per heavy atom. The molecule has 0 radical (unpaired) electrons. The van der Waals surface area contributed by atoms with E-state index in [0.717, 1.165) is 36.8 Å². The van der Waals surface area contributed by atoms with Gasteiger partial charge in [0, 0.05) is 17.6 Å². The quantitative estimate of drug-likeness (QED) is 0.558. The Kier molecular flexibility index (Phi) is 8.98. The molecule has 2 aromatic carbocycles. The van der Waals surface area contributed by atoms with Gasteiger partial charge in [-0.2, -0.15) is 0 Å². The first-order valence-electron chi connectivity index (χ1n) is 11.5. The summed E-state index contributed by atoms with van der Waals surface area (Å²) in [5.74, 6) is 0.374. The van der Waals surface area contributed by atoms with Gasteiger partial charge in [0.2, 0.25) is 5.91 Å². The molecule has 2 amide bonds. The number of hydrogen-bond acceptors (Lipinski definition) is 3. The van der Waals surface area contributed by atoms with Crippen LogP contribution in [0.1, 0.15) is 56.6 Å². The average Bonchev–Trinajstić information content (AvgIpc) is 2.80. The van der Waals surface area contributed by atoms with Crippen LogP contribution in [0.4, 0.5) is 0 Å². The van der Waals surface area contributed by atoms with E-state index in [0.29, 0.717) is 23.7 Å². The summed E-state index contributed by atoms with van der Waals surface area (Å²) >= 11 is 6.03. The number of ether oxygens (including phenoxy) is 1. The van der Waals surface area contributed by atoms with E-state index in [1.807, 2.05) is 50.2 Å². The number of nitrogens with one attached hydrogen (secondary N) is 1. The Balaban J connectivity index is 1.75. The van der Waals surface area contributed by atoms with E-state index in [2.05, 4.69) is 5.32 Å². The molecule has 1 N–H and O–H groups in total. The van der Waals surface area contributed by atoms with Crippen molar-refractivity contribution in [2.24, 2.45) is 0 Å². The highest BCUT2D eigenvalue weighted by atomic mass is 35.5. The lowest BCUT2D eigenvalue weighted by Crippen LogP contribution is -2.52. The summed E-state index contributed by atoms with van der Waals surface area (Å²) < 4.78 is 5.82. The highest BCUT2D eigenvalue weighted by molar-refractivity contribution is 6.30. The average molecular weight is 457 g/mol. The van der Waals surface area contributed by atoms with Crippen molar-refractivity contribution in [1.82, 2.24) is 10.2 Å². The first-order chi connectivity index (χ1) is 15.5. The molecular weight excluding hydrogens is 424 g/mol. The Morgan fingerprint density at radius 3 is 2.44 bits per heavy atom. The minimum Gasteiger partial charge on any atom is -0.484 e. The Hall–Kier alpha value is -2.53. The highest BCUT2D eigenvalue weighted by Gasteiger charge is 2.30. The van der Waals surface area contributed by atoms with E-state index >= 15 is 0 Å². The molecule has 0 spiro atoms. The lowest BCUT2D eigenvalue weighted by Gasteiger charge is -2.32. The molecule has 172 valence electrons. The molecule has 0 saturated heterocycles. The molecule has 2 aromatic rings. The van der Waals surface area contributed by atoms with Crippen molar-refractivity contribution >= 4 is 23.4 Å². The fourth-order valence-electron chi connectivity index (χ4n) is 4.19. The highest BCUT2D eigenvalue weighted by Crippen LogP contribution is 2.20. The van der Waals surface area contributed by atoms with Gasteiger partial charge in [-0.05, 0) is 55.5 Å². The van der Waals surface area contributed by atoms with Crippen LogP contribution in [-0.4, -0.2) is 35.4 Å². The Labute approximate surface area is 196 Å². The van der Waals surface area contributed by atoms with Crippen molar-refractivity contribution in [2.45, 2.75) is 71.0 Å². The molecule has 0 heterocycles. The van der Waals surface area contributed by atoms with Crippen LogP contribution >= 0.6 is 11.6 Å². The topological polar surface area (TPSA) is 58.6 Å². The summed E-state index contributed by atoms with van der Waals surface area (Å²) in [7, 11) is 0. The Morgan fingerprint density at radius 2 is 1.78 bits per heavy atom. The number of benzene rings is 2. The summed E-state index contributed by atoms with van der Waals surface area (Å²) in [5.41, 5.74) is 1.88. The van der Waals surface area contributed by atoms with Gasteiger partial charge in [0.05, 0.1) is 0 Å². The predicted octanol–water partition coefficient (Wildman–Crippen LogP) is 5.28. The number of carbonyl (C=O) groups excluding carboxylic acids is 2. The molecule has 1 aliphatic carbocycles. The van der Waals surface area contributed by atoms with Gasteiger partial charge in [-0.1, -0.05) is 68.1 Å². The molecule has 5 nitrogen and oxygen atoms in total. The molecule has 0 unspecified atom stereocenters. The predicted molar refractivity (Wildman–Crippen MR) is 128 cm³/mol. The maximum atomic E-state index is 13.3. The van der Waals surface area contributed by atoms with Crippen molar-refractivity contribution in [1.29, 1.82) is 0 Å². The van der Waals surface area contributed by atoms with Crippen molar-refractivity contribution in [2.75, 3.05) is 6.61 Å². The minimum atomic E-state index is -0.555. The normalized spacial score (nSPS) is 15.1. The molecule has 1 saturated carbocycles. The monoisotopic (exact) mass is 456 g/mol. The van der Waals surface area contributed by atoms with Crippen LogP contribution in [0.5, 0.6) is 5.75 Å². The standard InChI is InChI=1S/C26H33ClN2O3/c1-3-23(26(31)28-22-10-5-4-6-11-22)29(17-20-13-15-21(27)16-14-20)25(30)18-32-24-12-8-7-9-19(24)2/h7-9,12-16,22-23H,3-6,10-11,17-18H2,1-2H3,(H,28,31)/t23-/m1/s1. The number of amides is 2. The molecule has 6 heteroatoms. The summed E-state index contributed by atoms with van der Waals surface area (Å²) in [6.07, 6.45) is 6.04. The van der Waals surface area contributed by atoms with Crippen LogP contribution in [0.3, 0.4) is 0 Å². The largest absolute Gasteiger partial charge is 0.484 e. The second-order valence-corrected chi connectivity index (χ2v) is 8.91. The SMILES string of the molecule is CC[C@H](C(=O)NC1CCCCC1)N(Cc1ccc(Cl)cc1)C(=O)COc1ccccc1C. The van der Waals surface area contributed by atoms with Crippen LogP contribution in [-0.2, 0) is 16.1 Å². The fraction of sp³-hybridized carbons (Fsp3) is 0.462. The zero-order chi connectivity index (χ0) is 22.9. The van der Waals surface area contributed by atoms with Crippen molar-refractivity contribution in [3.63, 3.8) is 0 Å². The van der Waals surface area contributed by atoms with Crippen molar-refractivity contribution in [3.05, 3.63) is 64.7 Å². The first-order valence-corrected chi connectivity index (χ1v) is 11.9. The summed E-state index contributed by atoms with van der Waals surface area (Å²) in [6, 6.07) is 14.6. The lowest BCUT2D eigenvalue weighted by atomic mass is 9.95. The maximum Gasteiger partial charge on any atom is 0.261 e. The second-order valence-electron chi connectivity index (χ2n) is 8.47. The zero-order valence-corrected chi connectivity index (χ0v) is 19.7. The van der Waals surface area contributed by atoms with Gasteiger partial charge in [0.1, 0.15) is 11.8 Å². The number of para-hydroxylation sites is 1. The number of carbonyl (C=O) groups is 2. The molecule has 32 heavy (non-hydrogen) atoms. The smallest absolute Gasteiger partial charge is 0.261 e. The van der Waals surface area contributed by atoms with E-state index in [1.54, 1.807) is 17.0 Å². The summed E-state index contributed by atoms with van der Waals surface area (Å²) in [4.78, 5) is 28.1. The molecule has 3 rings (SSSR count). The molecule has 1 atom stereocenters. The number of hydrogen-bond donors (Lipinski definition) is 1. The zero-order valence-electron chi connectivity index (χ0n) is 19.0. The fourth-order valence-corrected chi connectivity index (χ4v) is 4.32. The number of rotatable bonds is 9. The Bertz CT molecular complexity index is 894. The van der Waals surface area contributed by atoms with E-state index in [-0.39, 0.29) is 24.5 Å². The van der Waals surface area contributed by atoms with Crippen LogP contribution in [0.2, 0.25) is 5.02 Å². The van der Waals surface area contributed by atoms with Gasteiger partial charge in [-0.3, -0.25) is 9.59 Å².